The third kappa shape index (κ3) is 1.29. The summed E-state index contributed by atoms with van der Waals surface area (Å²) < 4.78 is 5.43. The summed E-state index contributed by atoms with van der Waals surface area (Å²) in [6, 6.07) is 0. The molecule has 4 nitrogen and oxygen atoms in total. The predicted molar refractivity (Wildman–Crippen MR) is 55.1 cm³/mol. The maximum atomic E-state index is 11.4. The number of fused-ring (bicyclic) bond motifs is 1. The molecule has 0 saturated heterocycles. The number of nitrogens with one attached hydrogen (secondary N) is 1. The van der Waals surface area contributed by atoms with E-state index in [9.17, 15) is 4.79 Å². The van der Waals surface area contributed by atoms with Crippen LogP contribution in [0.4, 0.5) is 0 Å². The van der Waals surface area contributed by atoms with Crippen molar-refractivity contribution in [1.29, 1.82) is 0 Å². The predicted octanol–water partition coefficient (Wildman–Crippen LogP) is 2.11. The quantitative estimate of drug-likeness (QED) is 0.794. The van der Waals surface area contributed by atoms with Crippen LogP contribution in [-0.2, 0) is 4.74 Å². The first-order valence-corrected chi connectivity index (χ1v) is 4.72. The molecule has 72 valence electrons. The Morgan fingerprint density at radius 3 is 3.07 bits per heavy atom. The molecule has 0 atom stereocenters. The molecule has 0 fully saturated rings. The lowest BCUT2D eigenvalue weighted by atomic mass is 10.2. The van der Waals surface area contributed by atoms with Crippen molar-refractivity contribution < 1.29 is 9.53 Å². The zero-order valence-corrected chi connectivity index (χ0v) is 8.96. The van der Waals surface area contributed by atoms with E-state index in [-0.39, 0.29) is 5.97 Å². The lowest BCUT2D eigenvalue weighted by Gasteiger charge is -1.97. The number of aromatic amines is 1. The Balaban J connectivity index is 2.73. The van der Waals surface area contributed by atoms with E-state index in [1.165, 1.54) is 7.11 Å². The monoisotopic (exact) mass is 254 g/mol. The van der Waals surface area contributed by atoms with Gasteiger partial charge in [0.1, 0.15) is 0 Å². The summed E-state index contributed by atoms with van der Waals surface area (Å²) in [6.45, 7) is 0. The van der Waals surface area contributed by atoms with Crippen molar-refractivity contribution >= 4 is 32.8 Å². The van der Waals surface area contributed by atoms with E-state index in [1.54, 1.807) is 18.6 Å². The molecule has 0 bridgehead atoms. The Morgan fingerprint density at radius 1 is 1.57 bits per heavy atom. The Bertz CT molecular complexity index is 493. The zero-order valence-electron chi connectivity index (χ0n) is 7.37. The number of halogens is 1. The number of nitrogens with zero attached hydrogens (tertiary/aromatic N) is 1. The molecule has 2 aromatic heterocycles. The van der Waals surface area contributed by atoms with E-state index in [0.717, 1.165) is 15.4 Å². The average Bonchev–Trinajstić information content (AvgIpc) is 2.62. The van der Waals surface area contributed by atoms with Gasteiger partial charge >= 0.3 is 5.97 Å². The van der Waals surface area contributed by atoms with Gasteiger partial charge in [-0.25, -0.2) is 4.79 Å². The summed E-state index contributed by atoms with van der Waals surface area (Å²) in [5.74, 6) is -0.358. The number of hydrogen-bond acceptors (Lipinski definition) is 3. The minimum atomic E-state index is -0.358. The molecule has 1 N–H and O–H groups in total. The molecule has 0 aliphatic heterocycles. The van der Waals surface area contributed by atoms with Gasteiger partial charge in [-0.15, -0.1) is 0 Å². The Kier molecular flexibility index (Phi) is 2.25. The van der Waals surface area contributed by atoms with Crippen molar-refractivity contribution in [3.05, 3.63) is 28.6 Å². The highest BCUT2D eigenvalue weighted by Gasteiger charge is 2.14. The van der Waals surface area contributed by atoms with E-state index in [4.69, 9.17) is 0 Å². The molecule has 0 amide bonds. The Labute approximate surface area is 88.4 Å². The fourth-order valence-electron chi connectivity index (χ4n) is 1.31. The number of esters is 1. The third-order valence-electron chi connectivity index (χ3n) is 1.95. The van der Waals surface area contributed by atoms with Crippen LogP contribution in [0.3, 0.4) is 0 Å². The van der Waals surface area contributed by atoms with Crippen molar-refractivity contribution in [3.8, 4) is 0 Å². The van der Waals surface area contributed by atoms with Gasteiger partial charge in [0.25, 0.3) is 0 Å². The molecule has 0 unspecified atom stereocenters. The first-order valence-electron chi connectivity index (χ1n) is 3.93. The van der Waals surface area contributed by atoms with Crippen molar-refractivity contribution in [3.63, 3.8) is 0 Å². The van der Waals surface area contributed by atoms with E-state index in [1.807, 2.05) is 0 Å². The Hall–Kier alpha value is -1.36. The van der Waals surface area contributed by atoms with Gasteiger partial charge in [-0.2, -0.15) is 0 Å². The van der Waals surface area contributed by atoms with E-state index >= 15 is 0 Å². The highest BCUT2D eigenvalue weighted by atomic mass is 79.9. The van der Waals surface area contributed by atoms with Gasteiger partial charge in [-0.05, 0) is 15.9 Å². The summed E-state index contributed by atoms with van der Waals surface area (Å²) in [5.41, 5.74) is 1.32. The van der Waals surface area contributed by atoms with Crippen LogP contribution in [0, 0.1) is 0 Å². The first kappa shape index (κ1) is 9.21. The number of H-pyrrole nitrogens is 1. The van der Waals surface area contributed by atoms with Gasteiger partial charge in [0.05, 0.1) is 24.4 Å². The number of carbonyl (C=O) groups is 1. The summed E-state index contributed by atoms with van der Waals surface area (Å²) in [7, 11) is 1.36. The van der Waals surface area contributed by atoms with Crippen LogP contribution in [0.1, 0.15) is 10.4 Å². The normalized spacial score (nSPS) is 10.4. The van der Waals surface area contributed by atoms with Gasteiger partial charge in [-0.3, -0.25) is 4.98 Å². The molecule has 14 heavy (non-hydrogen) atoms. The molecule has 0 aliphatic carbocycles. The molecule has 0 aliphatic rings. The van der Waals surface area contributed by atoms with Crippen LogP contribution >= 0.6 is 15.9 Å². The van der Waals surface area contributed by atoms with Crippen molar-refractivity contribution in [2.45, 2.75) is 0 Å². The van der Waals surface area contributed by atoms with Crippen LogP contribution in [0.2, 0.25) is 0 Å². The van der Waals surface area contributed by atoms with Crippen LogP contribution in [0.15, 0.2) is 23.1 Å². The Morgan fingerprint density at radius 2 is 2.36 bits per heavy atom. The average molecular weight is 255 g/mol. The minimum absolute atomic E-state index is 0.358. The third-order valence-corrected chi connectivity index (χ3v) is 2.55. The van der Waals surface area contributed by atoms with Crippen LogP contribution in [0.25, 0.3) is 10.9 Å². The SMILES string of the molecule is COC(=O)c1c[nH]c2cncc(Br)c12. The van der Waals surface area contributed by atoms with Gasteiger partial charge in [0, 0.05) is 22.3 Å². The second kappa shape index (κ2) is 3.42. The van der Waals surface area contributed by atoms with E-state index < -0.39 is 0 Å². The maximum absolute atomic E-state index is 11.4. The lowest BCUT2D eigenvalue weighted by molar-refractivity contribution is 0.0603. The highest BCUT2D eigenvalue weighted by Crippen LogP contribution is 2.26. The smallest absolute Gasteiger partial charge is 0.340 e. The number of pyridine rings is 1. The van der Waals surface area contributed by atoms with Crippen LogP contribution < -0.4 is 0 Å². The van der Waals surface area contributed by atoms with Crippen LogP contribution in [-0.4, -0.2) is 23.0 Å². The van der Waals surface area contributed by atoms with Gasteiger partial charge in [-0.1, -0.05) is 0 Å². The molecule has 0 spiro atoms. The highest BCUT2D eigenvalue weighted by molar-refractivity contribution is 9.10. The number of carbonyl (C=O) groups excluding carboxylic acids is 1. The maximum Gasteiger partial charge on any atom is 0.340 e. The molecule has 2 rings (SSSR count). The van der Waals surface area contributed by atoms with Gasteiger partial charge in [0.15, 0.2) is 0 Å². The number of hydrogen-bond donors (Lipinski definition) is 1. The largest absolute Gasteiger partial charge is 0.465 e. The second-order valence-corrected chi connectivity index (χ2v) is 3.59. The van der Waals surface area contributed by atoms with Gasteiger partial charge < -0.3 is 9.72 Å². The molecule has 0 aromatic carbocycles. The van der Waals surface area contributed by atoms with Crippen molar-refractivity contribution in [1.82, 2.24) is 9.97 Å². The molecular formula is C9H7BrN2O2. The number of ether oxygens (including phenoxy) is 1. The number of aromatic nitrogens is 2. The molecule has 2 heterocycles. The van der Waals surface area contributed by atoms with Crippen molar-refractivity contribution in [2.75, 3.05) is 7.11 Å². The summed E-state index contributed by atoms with van der Waals surface area (Å²) in [6.07, 6.45) is 4.91. The number of rotatable bonds is 1. The molecule has 0 radical (unpaired) electrons. The second-order valence-electron chi connectivity index (χ2n) is 2.74. The molecule has 5 heteroatoms. The number of methoxy groups -OCH3 is 1. The first-order chi connectivity index (χ1) is 6.74. The van der Waals surface area contributed by atoms with E-state index in [2.05, 4.69) is 30.6 Å². The van der Waals surface area contributed by atoms with Crippen LogP contribution in [0.5, 0.6) is 0 Å². The zero-order chi connectivity index (χ0) is 10.1. The summed E-state index contributed by atoms with van der Waals surface area (Å²) in [5, 5.41) is 0.798. The molecule has 0 saturated carbocycles. The van der Waals surface area contributed by atoms with E-state index in [0.29, 0.717) is 5.56 Å². The minimum Gasteiger partial charge on any atom is -0.465 e. The fraction of sp³-hybridized carbons (Fsp3) is 0.111. The van der Waals surface area contributed by atoms with Gasteiger partial charge in [0.2, 0.25) is 0 Å². The lowest BCUT2D eigenvalue weighted by Crippen LogP contribution is -1.99. The molecular weight excluding hydrogens is 248 g/mol. The topological polar surface area (TPSA) is 55.0 Å². The van der Waals surface area contributed by atoms with Crippen molar-refractivity contribution in [2.24, 2.45) is 0 Å². The fourth-order valence-corrected chi connectivity index (χ4v) is 1.86. The standard InChI is InChI=1S/C9H7BrN2O2/c1-14-9(13)5-2-12-7-4-11-3-6(10)8(5)7/h2-4,12H,1H3. The summed E-state index contributed by atoms with van der Waals surface area (Å²) >= 11 is 3.33. The summed E-state index contributed by atoms with van der Waals surface area (Å²) in [4.78, 5) is 18.3. The molecule has 2 aromatic rings.